The van der Waals surface area contributed by atoms with Crippen LogP contribution >= 0.6 is 22.6 Å². The Morgan fingerprint density at radius 1 is 1.16 bits per heavy atom. The molecule has 0 fully saturated rings. The number of halogens is 2. The van der Waals surface area contributed by atoms with E-state index in [-0.39, 0.29) is 5.82 Å². The van der Waals surface area contributed by atoms with Gasteiger partial charge in [0.2, 0.25) is 0 Å². The lowest BCUT2D eigenvalue weighted by molar-refractivity contribution is 0.621. The highest BCUT2D eigenvalue weighted by Gasteiger charge is 2.05. The number of nitrogens with two attached hydrogens (primary N) is 1. The number of benzene rings is 2. The van der Waals surface area contributed by atoms with Crippen LogP contribution in [0.3, 0.4) is 0 Å². The largest absolute Gasteiger partial charge is 0.397 e. The maximum atomic E-state index is 13.4. The number of anilines is 2. The Hall–Kier alpha value is -1.30. The Labute approximate surface area is 126 Å². The van der Waals surface area contributed by atoms with E-state index in [0.29, 0.717) is 14.9 Å². The summed E-state index contributed by atoms with van der Waals surface area (Å²) in [6, 6.07) is 13.4. The molecule has 2 nitrogen and oxygen atoms in total. The average molecular weight is 370 g/mol. The van der Waals surface area contributed by atoms with Crippen molar-refractivity contribution in [3.8, 4) is 0 Å². The lowest BCUT2D eigenvalue weighted by atomic mass is 10.1. The Morgan fingerprint density at radius 2 is 1.89 bits per heavy atom. The normalized spacial score (nSPS) is 10.4. The van der Waals surface area contributed by atoms with Gasteiger partial charge in [0.25, 0.3) is 0 Å². The molecule has 0 bridgehead atoms. The zero-order valence-electron chi connectivity index (χ0n) is 10.5. The molecule has 0 heterocycles. The molecule has 0 atom stereocenters. The van der Waals surface area contributed by atoms with Gasteiger partial charge in [0.05, 0.1) is 14.9 Å². The Kier molecular flexibility index (Phi) is 5.01. The third kappa shape index (κ3) is 4.09. The van der Waals surface area contributed by atoms with Crippen molar-refractivity contribution in [3.63, 3.8) is 0 Å². The van der Waals surface area contributed by atoms with Crippen molar-refractivity contribution in [1.82, 2.24) is 0 Å². The fraction of sp³-hybridized carbons (Fsp3) is 0.200. The van der Waals surface area contributed by atoms with Crippen molar-refractivity contribution in [2.45, 2.75) is 12.8 Å². The Bertz CT molecular complexity index is 543. The summed E-state index contributed by atoms with van der Waals surface area (Å²) in [4.78, 5) is 0. The van der Waals surface area contributed by atoms with Crippen LogP contribution in [-0.2, 0) is 6.42 Å². The molecule has 2 aromatic rings. The quantitative estimate of drug-likeness (QED) is 0.473. The molecule has 4 heteroatoms. The van der Waals surface area contributed by atoms with Gasteiger partial charge in [-0.15, -0.1) is 0 Å². The topological polar surface area (TPSA) is 38.0 Å². The van der Waals surface area contributed by atoms with Gasteiger partial charge in [0.1, 0.15) is 5.82 Å². The van der Waals surface area contributed by atoms with E-state index in [1.54, 1.807) is 6.07 Å². The van der Waals surface area contributed by atoms with Crippen LogP contribution in [0.25, 0.3) is 0 Å². The number of aryl methyl sites for hydroxylation is 1. The van der Waals surface area contributed by atoms with Gasteiger partial charge in [-0.05, 0) is 47.1 Å². The first-order chi connectivity index (χ1) is 9.16. The van der Waals surface area contributed by atoms with Gasteiger partial charge in [0.15, 0.2) is 0 Å². The molecule has 0 unspecified atom stereocenters. The average Bonchev–Trinajstić information content (AvgIpc) is 2.41. The van der Waals surface area contributed by atoms with Crippen LogP contribution in [0.2, 0.25) is 0 Å². The van der Waals surface area contributed by atoms with Gasteiger partial charge in [-0.3, -0.25) is 0 Å². The van der Waals surface area contributed by atoms with Crippen LogP contribution in [0.4, 0.5) is 15.8 Å². The lowest BCUT2D eigenvalue weighted by Crippen LogP contribution is -2.06. The molecular formula is C15H16FIN2. The fourth-order valence-electron chi connectivity index (χ4n) is 1.88. The van der Waals surface area contributed by atoms with Crippen LogP contribution in [-0.4, -0.2) is 6.54 Å². The van der Waals surface area contributed by atoms with Gasteiger partial charge in [-0.1, -0.05) is 30.3 Å². The summed E-state index contributed by atoms with van der Waals surface area (Å²) in [5, 5.41) is 3.18. The van der Waals surface area contributed by atoms with E-state index < -0.39 is 0 Å². The standard InChI is InChI=1S/C15H16FIN2/c16-12-9-15(14(18)10-13(12)17)19-8-4-7-11-5-2-1-3-6-11/h1-3,5-6,9-10,19H,4,7-8,18H2. The summed E-state index contributed by atoms with van der Waals surface area (Å²) in [6.07, 6.45) is 1.98. The lowest BCUT2D eigenvalue weighted by Gasteiger charge is -2.10. The monoisotopic (exact) mass is 370 g/mol. The molecule has 0 radical (unpaired) electrons. The van der Waals surface area contributed by atoms with Crippen LogP contribution < -0.4 is 11.1 Å². The molecule has 0 saturated heterocycles. The number of rotatable bonds is 5. The molecule has 0 aliphatic rings. The van der Waals surface area contributed by atoms with Crippen molar-refractivity contribution in [1.29, 1.82) is 0 Å². The molecule has 0 spiro atoms. The number of nitrogen functional groups attached to an aromatic ring is 1. The summed E-state index contributed by atoms with van der Waals surface area (Å²) < 4.78 is 14.0. The minimum absolute atomic E-state index is 0.236. The predicted molar refractivity (Wildman–Crippen MR) is 86.8 cm³/mol. The van der Waals surface area contributed by atoms with E-state index in [9.17, 15) is 4.39 Å². The first-order valence-electron chi connectivity index (χ1n) is 6.19. The molecule has 0 saturated carbocycles. The maximum Gasteiger partial charge on any atom is 0.138 e. The van der Waals surface area contributed by atoms with E-state index in [1.165, 1.54) is 11.6 Å². The number of hydrogen-bond acceptors (Lipinski definition) is 2. The van der Waals surface area contributed by atoms with E-state index in [0.717, 1.165) is 19.4 Å². The second kappa shape index (κ2) is 6.75. The van der Waals surface area contributed by atoms with Crippen LogP contribution in [0, 0.1) is 9.39 Å². The first kappa shape index (κ1) is 14.1. The summed E-state index contributed by atoms with van der Waals surface area (Å²) in [5.41, 5.74) is 8.42. The van der Waals surface area contributed by atoms with Crippen molar-refractivity contribution < 1.29 is 4.39 Å². The van der Waals surface area contributed by atoms with Gasteiger partial charge < -0.3 is 11.1 Å². The summed E-state index contributed by atoms with van der Waals surface area (Å²) in [6.45, 7) is 0.777. The van der Waals surface area contributed by atoms with E-state index in [2.05, 4.69) is 17.4 Å². The Balaban J connectivity index is 1.85. The fourth-order valence-corrected chi connectivity index (χ4v) is 2.37. The molecule has 2 aromatic carbocycles. The summed E-state index contributed by atoms with van der Waals surface area (Å²) in [5.74, 6) is -0.236. The summed E-state index contributed by atoms with van der Waals surface area (Å²) in [7, 11) is 0. The minimum atomic E-state index is -0.236. The highest BCUT2D eigenvalue weighted by Crippen LogP contribution is 2.24. The highest BCUT2D eigenvalue weighted by atomic mass is 127. The van der Waals surface area contributed by atoms with Gasteiger partial charge in [-0.25, -0.2) is 4.39 Å². The van der Waals surface area contributed by atoms with Crippen molar-refractivity contribution in [3.05, 3.63) is 57.4 Å². The van der Waals surface area contributed by atoms with Gasteiger partial charge in [-0.2, -0.15) is 0 Å². The molecule has 100 valence electrons. The SMILES string of the molecule is Nc1cc(I)c(F)cc1NCCCc1ccccc1. The Morgan fingerprint density at radius 3 is 2.63 bits per heavy atom. The molecule has 3 N–H and O–H groups in total. The van der Waals surface area contributed by atoms with Crippen molar-refractivity contribution in [2.75, 3.05) is 17.6 Å². The maximum absolute atomic E-state index is 13.4. The molecular weight excluding hydrogens is 354 g/mol. The summed E-state index contributed by atoms with van der Waals surface area (Å²) >= 11 is 1.94. The van der Waals surface area contributed by atoms with Crippen LogP contribution in [0.1, 0.15) is 12.0 Å². The number of hydrogen-bond donors (Lipinski definition) is 2. The predicted octanol–water partition coefficient (Wildman–Crippen LogP) is 4.06. The van der Waals surface area contributed by atoms with Crippen LogP contribution in [0.5, 0.6) is 0 Å². The molecule has 0 aliphatic heterocycles. The van der Waals surface area contributed by atoms with E-state index in [1.807, 2.05) is 40.8 Å². The molecule has 0 aliphatic carbocycles. The smallest absolute Gasteiger partial charge is 0.138 e. The minimum Gasteiger partial charge on any atom is -0.397 e. The molecule has 19 heavy (non-hydrogen) atoms. The molecule has 2 rings (SSSR count). The van der Waals surface area contributed by atoms with Crippen molar-refractivity contribution in [2.24, 2.45) is 0 Å². The third-order valence-corrected chi connectivity index (χ3v) is 3.72. The molecule has 0 amide bonds. The van der Waals surface area contributed by atoms with Gasteiger partial charge >= 0.3 is 0 Å². The second-order valence-corrected chi connectivity index (χ2v) is 5.53. The third-order valence-electron chi connectivity index (χ3n) is 2.89. The second-order valence-electron chi connectivity index (χ2n) is 4.37. The highest BCUT2D eigenvalue weighted by molar-refractivity contribution is 14.1. The van der Waals surface area contributed by atoms with Gasteiger partial charge in [0, 0.05) is 12.6 Å². The van der Waals surface area contributed by atoms with E-state index in [4.69, 9.17) is 5.73 Å². The zero-order valence-corrected chi connectivity index (χ0v) is 12.7. The zero-order chi connectivity index (χ0) is 13.7. The first-order valence-corrected chi connectivity index (χ1v) is 7.27. The molecule has 0 aromatic heterocycles. The van der Waals surface area contributed by atoms with Crippen LogP contribution in [0.15, 0.2) is 42.5 Å². The number of nitrogens with one attached hydrogen (secondary N) is 1. The van der Waals surface area contributed by atoms with Crippen molar-refractivity contribution >= 4 is 34.0 Å². The van der Waals surface area contributed by atoms with E-state index >= 15 is 0 Å².